The number of Topliss-reactive ketones (excluding diaryl/α,β-unsaturated/α-hetero) is 1. The summed E-state index contributed by atoms with van der Waals surface area (Å²) in [6.45, 7) is 6.21. The highest BCUT2D eigenvalue weighted by Crippen LogP contribution is 2.56. The van der Waals surface area contributed by atoms with Crippen LogP contribution in [0.15, 0.2) is 0 Å². The number of aliphatic hydroxyl groups is 1. The van der Waals surface area contributed by atoms with Gasteiger partial charge in [0.25, 0.3) is 0 Å². The second-order valence-corrected chi connectivity index (χ2v) is 7.45. The smallest absolute Gasteiger partial charge is 0.302 e. The van der Waals surface area contributed by atoms with Gasteiger partial charge in [0.1, 0.15) is 5.78 Å². The zero-order valence-electron chi connectivity index (χ0n) is 14.8. The van der Waals surface area contributed by atoms with E-state index < -0.39 is 0 Å². The summed E-state index contributed by atoms with van der Waals surface area (Å²) < 4.78 is 5.21. The van der Waals surface area contributed by atoms with E-state index in [0.29, 0.717) is 18.3 Å². The van der Waals surface area contributed by atoms with Crippen molar-refractivity contribution in [3.63, 3.8) is 0 Å². The summed E-state index contributed by atoms with van der Waals surface area (Å²) in [6, 6.07) is 0. The van der Waals surface area contributed by atoms with E-state index in [1.807, 2.05) is 0 Å². The van der Waals surface area contributed by atoms with Gasteiger partial charge in [0.15, 0.2) is 0 Å². The summed E-state index contributed by atoms with van der Waals surface area (Å²) in [5.74, 6) is 1.22. The van der Waals surface area contributed by atoms with Crippen LogP contribution in [-0.4, -0.2) is 30.1 Å². The molecule has 0 unspecified atom stereocenters. The lowest BCUT2D eigenvalue weighted by molar-refractivity contribution is -0.143. The number of ketones is 1. The molecule has 0 radical (unpaired) electrons. The van der Waals surface area contributed by atoms with Gasteiger partial charge in [-0.2, -0.15) is 0 Å². The molecule has 0 aromatic heterocycles. The van der Waals surface area contributed by atoms with Crippen LogP contribution in [0.5, 0.6) is 0 Å². The Bertz CT molecular complexity index is 420. The van der Waals surface area contributed by atoms with E-state index in [9.17, 15) is 14.7 Å². The highest BCUT2D eigenvalue weighted by molar-refractivity contribution is 5.87. The molecule has 0 aliphatic heterocycles. The molecule has 0 bridgehead atoms. The molecule has 6 atom stereocenters. The molecular formula is C19H32O4. The maximum atomic E-state index is 13.0. The number of carbonyl (C=O) groups excluding carboxylic acids is 2. The summed E-state index contributed by atoms with van der Waals surface area (Å²) in [7, 11) is 0. The number of hydrogen-bond donors (Lipinski definition) is 1. The normalized spacial score (nSPS) is 36.3. The average Bonchev–Trinajstić information content (AvgIpc) is 3.01. The third kappa shape index (κ3) is 3.78. The number of carbonyl (C=O) groups is 2. The molecule has 132 valence electrons. The zero-order valence-corrected chi connectivity index (χ0v) is 14.8. The molecule has 0 spiro atoms. The van der Waals surface area contributed by atoms with Crippen molar-refractivity contribution >= 4 is 11.8 Å². The maximum absolute atomic E-state index is 13.0. The molecule has 23 heavy (non-hydrogen) atoms. The first kappa shape index (κ1) is 18.4. The predicted octanol–water partition coefficient (Wildman–Crippen LogP) is 3.22. The minimum absolute atomic E-state index is 0.00935. The van der Waals surface area contributed by atoms with Gasteiger partial charge in [0.05, 0.1) is 6.61 Å². The number of fused-ring (bicyclic) bond motifs is 1. The fourth-order valence-electron chi connectivity index (χ4n) is 5.16. The first-order chi connectivity index (χ1) is 11.0. The molecule has 2 aliphatic carbocycles. The molecule has 0 aromatic carbocycles. The summed E-state index contributed by atoms with van der Waals surface area (Å²) in [5.41, 5.74) is 0. The average molecular weight is 324 g/mol. The van der Waals surface area contributed by atoms with Crippen molar-refractivity contribution < 1.29 is 19.4 Å². The third-order valence-electron chi connectivity index (χ3n) is 6.00. The fraction of sp³-hybridized carbons (Fsp3) is 0.895. The maximum Gasteiger partial charge on any atom is 0.302 e. The summed E-state index contributed by atoms with van der Waals surface area (Å²) in [4.78, 5) is 24.2. The van der Waals surface area contributed by atoms with E-state index in [4.69, 9.17) is 4.74 Å². The van der Waals surface area contributed by atoms with E-state index >= 15 is 0 Å². The Labute approximate surface area is 140 Å². The Hall–Kier alpha value is -0.900. The van der Waals surface area contributed by atoms with Crippen LogP contribution in [0.4, 0.5) is 0 Å². The molecule has 2 aliphatic rings. The van der Waals surface area contributed by atoms with Crippen LogP contribution < -0.4 is 0 Å². The number of hydrogen-bond acceptors (Lipinski definition) is 4. The summed E-state index contributed by atoms with van der Waals surface area (Å²) >= 11 is 0. The Morgan fingerprint density at radius 2 is 1.96 bits per heavy atom. The van der Waals surface area contributed by atoms with Gasteiger partial charge < -0.3 is 9.84 Å². The molecule has 4 nitrogen and oxygen atoms in total. The zero-order chi connectivity index (χ0) is 17.0. The van der Waals surface area contributed by atoms with Gasteiger partial charge in [-0.3, -0.25) is 9.59 Å². The van der Waals surface area contributed by atoms with Crippen molar-refractivity contribution in [2.75, 3.05) is 13.2 Å². The molecule has 1 N–H and O–H groups in total. The Morgan fingerprint density at radius 1 is 1.22 bits per heavy atom. The van der Waals surface area contributed by atoms with Gasteiger partial charge in [0, 0.05) is 31.3 Å². The molecular weight excluding hydrogens is 292 g/mol. The second-order valence-electron chi connectivity index (χ2n) is 7.45. The van der Waals surface area contributed by atoms with E-state index in [1.165, 1.54) is 6.92 Å². The quantitative estimate of drug-likeness (QED) is 0.696. The lowest BCUT2D eigenvalue weighted by Gasteiger charge is -2.27. The Morgan fingerprint density at radius 3 is 2.52 bits per heavy atom. The van der Waals surface area contributed by atoms with E-state index in [2.05, 4.69) is 13.8 Å². The van der Waals surface area contributed by atoms with Gasteiger partial charge in [-0.05, 0) is 37.0 Å². The van der Waals surface area contributed by atoms with Crippen LogP contribution in [0.1, 0.15) is 59.3 Å². The first-order valence-corrected chi connectivity index (χ1v) is 9.32. The molecule has 0 amide bonds. The molecule has 2 saturated carbocycles. The SMILES string of the molecule is CCCC[C@@H]1[C@H]2[C@H](CO)C[C@H](COC(C)=O)[C@H]2C(=O)[C@H]1CCC. The lowest BCUT2D eigenvalue weighted by atomic mass is 9.78. The molecule has 4 heteroatoms. The van der Waals surface area contributed by atoms with Gasteiger partial charge in [-0.1, -0.05) is 33.1 Å². The predicted molar refractivity (Wildman–Crippen MR) is 88.7 cm³/mol. The van der Waals surface area contributed by atoms with Gasteiger partial charge in [0.2, 0.25) is 0 Å². The van der Waals surface area contributed by atoms with E-state index in [0.717, 1.165) is 38.5 Å². The number of unbranched alkanes of at least 4 members (excludes halogenated alkanes) is 1. The van der Waals surface area contributed by atoms with Crippen LogP contribution in [0.3, 0.4) is 0 Å². The van der Waals surface area contributed by atoms with Crippen LogP contribution in [0.2, 0.25) is 0 Å². The topological polar surface area (TPSA) is 63.6 Å². The standard InChI is InChI=1S/C19H32O4/c1-4-6-8-15-16(7-5-2)19(22)18-14(11-23-12(3)21)9-13(10-20)17(15)18/h13-18,20H,4-11H2,1-3H3/t13-,14+,15-,16-,17+,18+/m0/s1. The van der Waals surface area contributed by atoms with Gasteiger partial charge in [-0.15, -0.1) is 0 Å². The van der Waals surface area contributed by atoms with Crippen LogP contribution in [-0.2, 0) is 14.3 Å². The largest absolute Gasteiger partial charge is 0.466 e. The second kappa shape index (κ2) is 8.27. The van der Waals surface area contributed by atoms with E-state index in [-0.39, 0.29) is 42.2 Å². The highest BCUT2D eigenvalue weighted by atomic mass is 16.5. The van der Waals surface area contributed by atoms with Crippen molar-refractivity contribution in [1.82, 2.24) is 0 Å². The number of ether oxygens (including phenoxy) is 1. The molecule has 0 aromatic rings. The molecule has 2 fully saturated rings. The van der Waals surface area contributed by atoms with Crippen molar-refractivity contribution in [3.05, 3.63) is 0 Å². The third-order valence-corrected chi connectivity index (χ3v) is 6.00. The Balaban J connectivity index is 2.20. The molecule has 2 rings (SSSR count). The van der Waals surface area contributed by atoms with Gasteiger partial charge >= 0.3 is 5.97 Å². The van der Waals surface area contributed by atoms with Crippen LogP contribution in [0.25, 0.3) is 0 Å². The van der Waals surface area contributed by atoms with Gasteiger partial charge in [-0.25, -0.2) is 0 Å². The van der Waals surface area contributed by atoms with Crippen molar-refractivity contribution in [3.8, 4) is 0 Å². The number of esters is 1. The Kier molecular flexibility index (Phi) is 6.63. The lowest BCUT2D eigenvalue weighted by Crippen LogP contribution is -2.25. The van der Waals surface area contributed by atoms with Crippen molar-refractivity contribution in [1.29, 1.82) is 0 Å². The number of rotatable bonds is 8. The molecule has 0 saturated heterocycles. The van der Waals surface area contributed by atoms with E-state index in [1.54, 1.807) is 0 Å². The highest BCUT2D eigenvalue weighted by Gasteiger charge is 2.58. The number of aliphatic hydroxyl groups excluding tert-OH is 1. The summed E-state index contributed by atoms with van der Waals surface area (Å²) in [5, 5.41) is 9.83. The monoisotopic (exact) mass is 324 g/mol. The summed E-state index contributed by atoms with van der Waals surface area (Å²) in [6.07, 6.45) is 6.17. The molecule has 0 heterocycles. The minimum Gasteiger partial charge on any atom is -0.466 e. The minimum atomic E-state index is -0.285. The fourth-order valence-corrected chi connectivity index (χ4v) is 5.16. The van der Waals surface area contributed by atoms with Crippen molar-refractivity contribution in [2.24, 2.45) is 35.5 Å². The van der Waals surface area contributed by atoms with Crippen LogP contribution >= 0.6 is 0 Å². The van der Waals surface area contributed by atoms with Crippen LogP contribution in [0, 0.1) is 35.5 Å². The first-order valence-electron chi connectivity index (χ1n) is 9.32. The van der Waals surface area contributed by atoms with Crippen molar-refractivity contribution in [2.45, 2.75) is 59.3 Å².